The van der Waals surface area contributed by atoms with E-state index in [0.717, 1.165) is 6.54 Å². The van der Waals surface area contributed by atoms with Crippen LogP contribution in [0.25, 0.3) is 0 Å². The van der Waals surface area contributed by atoms with Crippen molar-refractivity contribution in [2.24, 2.45) is 0 Å². The number of nitrogen functional groups attached to an aromatic ring is 1. The van der Waals surface area contributed by atoms with Gasteiger partial charge in [0.1, 0.15) is 5.82 Å². The van der Waals surface area contributed by atoms with E-state index in [-0.39, 0.29) is 5.95 Å². The zero-order valence-corrected chi connectivity index (χ0v) is 11.6. The minimum atomic E-state index is 0.271. The van der Waals surface area contributed by atoms with Crippen LogP contribution in [0.15, 0.2) is 24.3 Å². The summed E-state index contributed by atoms with van der Waals surface area (Å²) in [6.45, 7) is 4.94. The van der Waals surface area contributed by atoms with E-state index >= 15 is 0 Å². The number of benzene rings is 1. The fraction of sp³-hybridized carbons (Fsp3) is 0.357. The molecule has 1 aromatic carbocycles. The van der Waals surface area contributed by atoms with Crippen LogP contribution in [0.1, 0.15) is 23.9 Å². The van der Waals surface area contributed by atoms with Crippen molar-refractivity contribution in [2.45, 2.75) is 20.3 Å². The lowest BCUT2D eigenvalue weighted by Crippen LogP contribution is -2.20. The highest BCUT2D eigenvalue weighted by molar-refractivity contribution is 5.35. The number of nitrogens with zero attached hydrogens (tertiary/aromatic N) is 4. The molecule has 19 heavy (non-hydrogen) atoms. The van der Waals surface area contributed by atoms with Crippen LogP contribution in [0.3, 0.4) is 0 Å². The first-order valence-corrected chi connectivity index (χ1v) is 6.35. The fourth-order valence-corrected chi connectivity index (χ4v) is 1.82. The predicted octanol–water partition coefficient (Wildman–Crippen LogP) is 1.81. The van der Waals surface area contributed by atoms with E-state index in [1.54, 1.807) is 0 Å². The molecule has 2 aromatic rings. The van der Waals surface area contributed by atoms with E-state index in [2.05, 4.69) is 40.1 Å². The number of aryl methyl sites for hydroxylation is 1. The molecule has 0 aliphatic carbocycles. The minimum absolute atomic E-state index is 0.271. The van der Waals surface area contributed by atoms with Crippen molar-refractivity contribution >= 4 is 11.9 Å². The summed E-state index contributed by atoms with van der Waals surface area (Å²) in [7, 11) is 1.94. The first kappa shape index (κ1) is 13.3. The summed E-state index contributed by atoms with van der Waals surface area (Å²) in [5, 5.41) is 0. The third-order valence-electron chi connectivity index (χ3n) is 2.95. The lowest BCUT2D eigenvalue weighted by molar-refractivity contribution is 0.851. The minimum Gasteiger partial charge on any atom is -0.368 e. The Morgan fingerprint density at radius 3 is 2.68 bits per heavy atom. The molecule has 2 rings (SSSR count). The molecule has 0 saturated heterocycles. The van der Waals surface area contributed by atoms with Gasteiger partial charge >= 0.3 is 0 Å². The Morgan fingerprint density at radius 1 is 1.21 bits per heavy atom. The average Bonchev–Trinajstić information content (AvgIpc) is 2.37. The Kier molecular flexibility index (Phi) is 3.94. The number of hydrogen-bond donors (Lipinski definition) is 1. The fourth-order valence-electron chi connectivity index (χ4n) is 1.82. The van der Waals surface area contributed by atoms with Gasteiger partial charge in [-0.1, -0.05) is 29.8 Å². The van der Waals surface area contributed by atoms with E-state index in [1.807, 2.05) is 24.9 Å². The lowest BCUT2D eigenvalue weighted by atomic mass is 10.1. The second-order valence-corrected chi connectivity index (χ2v) is 4.59. The Bertz CT molecular complexity index is 568. The van der Waals surface area contributed by atoms with Gasteiger partial charge in [-0.3, -0.25) is 0 Å². The molecular weight excluding hydrogens is 238 g/mol. The highest BCUT2D eigenvalue weighted by Gasteiger charge is 2.08. The molecule has 1 aromatic heterocycles. The van der Waals surface area contributed by atoms with Crippen LogP contribution in [0.4, 0.5) is 11.9 Å². The van der Waals surface area contributed by atoms with Gasteiger partial charge in [0.25, 0.3) is 0 Å². The van der Waals surface area contributed by atoms with E-state index in [1.165, 1.54) is 11.1 Å². The molecular formula is C14H19N5. The van der Waals surface area contributed by atoms with Crippen LogP contribution in [0, 0.1) is 6.92 Å². The van der Waals surface area contributed by atoms with Gasteiger partial charge in [-0.05, 0) is 19.4 Å². The van der Waals surface area contributed by atoms with Crippen molar-refractivity contribution in [2.75, 3.05) is 24.2 Å². The third kappa shape index (κ3) is 3.40. The smallest absolute Gasteiger partial charge is 0.230 e. The molecule has 0 fully saturated rings. The van der Waals surface area contributed by atoms with Gasteiger partial charge in [-0.25, -0.2) is 0 Å². The lowest BCUT2D eigenvalue weighted by Gasteiger charge is -2.15. The molecule has 0 unspecified atom stereocenters. The summed E-state index contributed by atoms with van der Waals surface area (Å²) in [6.07, 6.45) is 0.666. The van der Waals surface area contributed by atoms with Crippen LogP contribution >= 0.6 is 0 Å². The standard InChI is InChI=1S/C14H19N5/c1-4-19(3)14-17-12(16-13(15)18-14)9-11-7-5-6-10(2)8-11/h5-8H,4,9H2,1-3H3,(H2,15,16,17,18). The van der Waals surface area contributed by atoms with Crippen LogP contribution < -0.4 is 10.6 Å². The van der Waals surface area contributed by atoms with Crippen molar-refractivity contribution in [1.82, 2.24) is 15.0 Å². The van der Waals surface area contributed by atoms with Crippen molar-refractivity contribution in [3.8, 4) is 0 Å². The number of aromatic nitrogens is 3. The van der Waals surface area contributed by atoms with Crippen LogP contribution in [0.5, 0.6) is 0 Å². The van der Waals surface area contributed by atoms with Gasteiger partial charge in [-0.2, -0.15) is 15.0 Å². The van der Waals surface area contributed by atoms with Gasteiger partial charge < -0.3 is 10.6 Å². The van der Waals surface area contributed by atoms with Gasteiger partial charge in [0.05, 0.1) is 0 Å². The molecule has 2 N–H and O–H groups in total. The van der Waals surface area contributed by atoms with Crippen molar-refractivity contribution < 1.29 is 0 Å². The molecule has 0 spiro atoms. The topological polar surface area (TPSA) is 67.9 Å². The number of rotatable bonds is 4. The SMILES string of the molecule is CCN(C)c1nc(N)nc(Cc2cccc(C)c2)n1. The molecule has 100 valence electrons. The number of hydrogen-bond acceptors (Lipinski definition) is 5. The molecule has 5 heteroatoms. The second kappa shape index (κ2) is 5.65. The maximum Gasteiger partial charge on any atom is 0.230 e. The summed E-state index contributed by atoms with van der Waals surface area (Å²) in [6, 6.07) is 8.30. The maximum absolute atomic E-state index is 5.75. The highest BCUT2D eigenvalue weighted by Crippen LogP contribution is 2.12. The first-order chi connectivity index (χ1) is 9.08. The van der Waals surface area contributed by atoms with E-state index in [0.29, 0.717) is 18.2 Å². The maximum atomic E-state index is 5.75. The average molecular weight is 257 g/mol. The molecule has 0 atom stereocenters. The zero-order valence-electron chi connectivity index (χ0n) is 11.6. The Balaban J connectivity index is 2.27. The van der Waals surface area contributed by atoms with E-state index in [9.17, 15) is 0 Å². The third-order valence-corrected chi connectivity index (χ3v) is 2.95. The highest BCUT2D eigenvalue weighted by atomic mass is 15.3. The van der Waals surface area contributed by atoms with Crippen molar-refractivity contribution in [3.63, 3.8) is 0 Å². The summed E-state index contributed by atoms with van der Waals surface area (Å²) in [5.74, 6) is 1.60. The van der Waals surface area contributed by atoms with Gasteiger partial charge in [0, 0.05) is 20.0 Å². The Labute approximate surface area is 113 Å². The van der Waals surface area contributed by atoms with Crippen LogP contribution in [-0.2, 0) is 6.42 Å². The summed E-state index contributed by atoms with van der Waals surface area (Å²) < 4.78 is 0. The van der Waals surface area contributed by atoms with Gasteiger partial charge in [0.15, 0.2) is 0 Å². The zero-order chi connectivity index (χ0) is 13.8. The molecule has 5 nitrogen and oxygen atoms in total. The largest absolute Gasteiger partial charge is 0.368 e. The second-order valence-electron chi connectivity index (χ2n) is 4.59. The predicted molar refractivity (Wildman–Crippen MR) is 77.2 cm³/mol. The Morgan fingerprint density at radius 2 is 2.00 bits per heavy atom. The van der Waals surface area contributed by atoms with Crippen LogP contribution in [-0.4, -0.2) is 28.5 Å². The molecule has 0 aliphatic rings. The summed E-state index contributed by atoms with van der Waals surface area (Å²) in [4.78, 5) is 14.7. The van der Waals surface area contributed by atoms with Gasteiger partial charge in [0.2, 0.25) is 11.9 Å². The van der Waals surface area contributed by atoms with Crippen molar-refractivity contribution in [3.05, 3.63) is 41.2 Å². The molecule has 0 radical (unpaired) electrons. The normalized spacial score (nSPS) is 10.5. The first-order valence-electron chi connectivity index (χ1n) is 6.35. The quantitative estimate of drug-likeness (QED) is 0.904. The van der Waals surface area contributed by atoms with Crippen LogP contribution in [0.2, 0.25) is 0 Å². The summed E-state index contributed by atoms with van der Waals surface area (Å²) >= 11 is 0. The van der Waals surface area contributed by atoms with Crippen molar-refractivity contribution in [1.29, 1.82) is 0 Å². The number of anilines is 2. The van der Waals surface area contributed by atoms with E-state index in [4.69, 9.17) is 5.73 Å². The molecule has 0 aliphatic heterocycles. The molecule has 1 heterocycles. The molecule has 0 bridgehead atoms. The molecule has 0 saturated carbocycles. The van der Waals surface area contributed by atoms with Gasteiger partial charge in [-0.15, -0.1) is 0 Å². The van der Waals surface area contributed by atoms with E-state index < -0.39 is 0 Å². The molecule has 0 amide bonds. The summed E-state index contributed by atoms with van der Waals surface area (Å²) in [5.41, 5.74) is 8.15. The Hall–Kier alpha value is -2.17. The monoisotopic (exact) mass is 257 g/mol. The number of nitrogens with two attached hydrogens (primary N) is 1.